The third-order valence-corrected chi connectivity index (χ3v) is 6.26. The summed E-state index contributed by atoms with van der Waals surface area (Å²) in [6, 6.07) is 29.0. The van der Waals surface area contributed by atoms with Crippen molar-refractivity contribution >= 4 is 11.6 Å². The van der Waals surface area contributed by atoms with Crippen molar-refractivity contribution in [2.45, 2.75) is 19.2 Å². The molecule has 0 bridgehead atoms. The summed E-state index contributed by atoms with van der Waals surface area (Å²) in [7, 11) is 4.71. The van der Waals surface area contributed by atoms with Gasteiger partial charge in [-0.2, -0.15) is 5.26 Å². The molecule has 0 aromatic heterocycles. The van der Waals surface area contributed by atoms with Crippen LogP contribution in [0.2, 0.25) is 0 Å². The molecule has 1 unspecified atom stereocenters. The molecule has 204 valence electrons. The Labute approximate surface area is 234 Å². The second kappa shape index (κ2) is 13.6. The molecule has 8 nitrogen and oxygen atoms in total. The van der Waals surface area contributed by atoms with Crippen LogP contribution >= 0.6 is 0 Å². The average Bonchev–Trinajstić information content (AvgIpc) is 3.02. The van der Waals surface area contributed by atoms with Gasteiger partial charge in [0.05, 0.1) is 33.0 Å². The molecule has 2 N–H and O–H groups in total. The number of ether oxygens (including phenoxy) is 4. The van der Waals surface area contributed by atoms with E-state index in [2.05, 4.69) is 16.7 Å². The first-order chi connectivity index (χ1) is 19.5. The Hall–Kier alpha value is -5.16. The van der Waals surface area contributed by atoms with E-state index in [1.54, 1.807) is 63.8 Å². The van der Waals surface area contributed by atoms with Crippen LogP contribution in [0.1, 0.15) is 28.3 Å². The molecule has 0 saturated carbocycles. The number of rotatable bonds is 12. The molecule has 0 radical (unpaired) electrons. The number of nitrogens with one attached hydrogen (secondary N) is 2. The van der Waals surface area contributed by atoms with Crippen LogP contribution in [0.15, 0.2) is 91.0 Å². The second-order valence-electron chi connectivity index (χ2n) is 8.86. The average molecular weight is 538 g/mol. The zero-order valence-corrected chi connectivity index (χ0v) is 22.6. The Morgan fingerprint density at radius 2 is 1.45 bits per heavy atom. The summed E-state index contributed by atoms with van der Waals surface area (Å²) in [5.74, 6) is 2.02. The fraction of sp³-hybridized carbons (Fsp3) is 0.188. The normalized spacial score (nSPS) is 11.1. The quantitative estimate of drug-likeness (QED) is 0.241. The van der Waals surface area contributed by atoms with Crippen molar-refractivity contribution in [3.05, 3.63) is 113 Å². The van der Waals surface area contributed by atoms with E-state index < -0.39 is 6.04 Å². The Morgan fingerprint density at radius 1 is 0.775 bits per heavy atom. The lowest BCUT2D eigenvalue weighted by Gasteiger charge is -2.22. The van der Waals surface area contributed by atoms with Gasteiger partial charge in [0.25, 0.3) is 0 Å². The highest BCUT2D eigenvalue weighted by molar-refractivity contribution is 5.86. The van der Waals surface area contributed by atoms with Crippen molar-refractivity contribution in [3.8, 4) is 29.1 Å². The Bertz CT molecular complexity index is 1470. The van der Waals surface area contributed by atoms with Gasteiger partial charge in [0.2, 0.25) is 5.91 Å². The van der Waals surface area contributed by atoms with Gasteiger partial charge in [0.15, 0.2) is 23.0 Å². The van der Waals surface area contributed by atoms with Crippen LogP contribution in [0.4, 0.5) is 5.69 Å². The summed E-state index contributed by atoms with van der Waals surface area (Å²) >= 11 is 0. The van der Waals surface area contributed by atoms with Gasteiger partial charge in [-0.05, 0) is 65.2 Å². The van der Waals surface area contributed by atoms with E-state index in [1.165, 1.54) is 0 Å². The van der Waals surface area contributed by atoms with Gasteiger partial charge >= 0.3 is 0 Å². The standard InChI is InChI=1S/C32H31N3O5/c1-37-27-15-11-24(17-29(27)38-2)20-34-32(36)31(35-26-13-9-22(19-33)10-14-26)25-12-16-28(30(18-25)39-3)40-21-23-7-5-4-6-8-23/h4-18,31,35H,20-21H2,1-3H3,(H,34,36). The van der Waals surface area contributed by atoms with Crippen LogP contribution in [0.3, 0.4) is 0 Å². The molecular formula is C32H31N3O5. The summed E-state index contributed by atoms with van der Waals surface area (Å²) < 4.78 is 22.3. The van der Waals surface area contributed by atoms with Gasteiger partial charge in [0.1, 0.15) is 12.6 Å². The molecule has 0 aliphatic carbocycles. The number of nitriles is 1. The molecule has 4 aromatic carbocycles. The number of nitrogens with zero attached hydrogens (tertiary/aromatic N) is 1. The summed E-state index contributed by atoms with van der Waals surface area (Å²) in [5.41, 5.74) is 3.78. The maximum Gasteiger partial charge on any atom is 0.247 e. The van der Waals surface area contributed by atoms with Gasteiger partial charge in [0, 0.05) is 12.2 Å². The molecule has 0 aliphatic rings. The van der Waals surface area contributed by atoms with E-state index in [-0.39, 0.29) is 12.5 Å². The van der Waals surface area contributed by atoms with E-state index in [0.29, 0.717) is 46.4 Å². The minimum atomic E-state index is -0.759. The smallest absolute Gasteiger partial charge is 0.247 e. The summed E-state index contributed by atoms with van der Waals surface area (Å²) in [5, 5.41) is 15.4. The fourth-order valence-electron chi connectivity index (χ4n) is 4.11. The topological polar surface area (TPSA) is 102 Å². The molecule has 0 saturated heterocycles. The van der Waals surface area contributed by atoms with Crippen molar-refractivity contribution in [1.82, 2.24) is 5.32 Å². The van der Waals surface area contributed by atoms with Crippen LogP contribution < -0.4 is 29.6 Å². The molecule has 1 atom stereocenters. The molecule has 4 rings (SSSR count). The Morgan fingerprint density at radius 3 is 2.12 bits per heavy atom. The van der Waals surface area contributed by atoms with Crippen LogP contribution in [0.5, 0.6) is 23.0 Å². The molecule has 4 aromatic rings. The van der Waals surface area contributed by atoms with Crippen molar-refractivity contribution in [3.63, 3.8) is 0 Å². The maximum atomic E-state index is 13.6. The lowest BCUT2D eigenvalue weighted by atomic mass is 10.0. The summed E-state index contributed by atoms with van der Waals surface area (Å²) in [6.45, 7) is 0.662. The molecule has 40 heavy (non-hydrogen) atoms. The lowest BCUT2D eigenvalue weighted by molar-refractivity contribution is -0.122. The number of methoxy groups -OCH3 is 3. The first kappa shape index (κ1) is 27.9. The maximum absolute atomic E-state index is 13.6. The van der Waals surface area contributed by atoms with Gasteiger partial charge in [-0.15, -0.1) is 0 Å². The molecule has 1 amide bonds. The molecule has 0 fully saturated rings. The van der Waals surface area contributed by atoms with Crippen molar-refractivity contribution in [2.24, 2.45) is 0 Å². The van der Waals surface area contributed by atoms with Crippen molar-refractivity contribution < 1.29 is 23.7 Å². The largest absolute Gasteiger partial charge is 0.493 e. The van der Waals surface area contributed by atoms with Crippen LogP contribution in [0, 0.1) is 11.3 Å². The van der Waals surface area contributed by atoms with Gasteiger partial charge in [-0.3, -0.25) is 4.79 Å². The van der Waals surface area contributed by atoms with Crippen LogP contribution in [-0.2, 0) is 17.9 Å². The number of carbonyl (C=O) groups excluding carboxylic acids is 1. The molecular weight excluding hydrogens is 506 g/mol. The fourth-order valence-corrected chi connectivity index (χ4v) is 4.11. The Balaban J connectivity index is 1.57. The first-order valence-corrected chi connectivity index (χ1v) is 12.6. The van der Waals surface area contributed by atoms with Crippen LogP contribution in [0.25, 0.3) is 0 Å². The predicted molar refractivity (Wildman–Crippen MR) is 153 cm³/mol. The number of anilines is 1. The van der Waals surface area contributed by atoms with Gasteiger partial charge in [-0.1, -0.05) is 42.5 Å². The SMILES string of the molecule is COc1ccc(CNC(=O)C(Nc2ccc(C#N)cc2)c2ccc(OCc3ccccc3)c(OC)c2)cc1OC. The van der Waals surface area contributed by atoms with E-state index in [0.717, 1.165) is 11.1 Å². The highest BCUT2D eigenvalue weighted by atomic mass is 16.5. The number of carbonyl (C=O) groups is 1. The highest BCUT2D eigenvalue weighted by Gasteiger charge is 2.23. The van der Waals surface area contributed by atoms with Crippen molar-refractivity contribution in [2.75, 3.05) is 26.6 Å². The van der Waals surface area contributed by atoms with E-state index in [9.17, 15) is 4.79 Å². The van der Waals surface area contributed by atoms with Gasteiger partial charge in [-0.25, -0.2) is 0 Å². The second-order valence-corrected chi connectivity index (χ2v) is 8.86. The summed E-state index contributed by atoms with van der Waals surface area (Å²) in [4.78, 5) is 13.6. The third-order valence-electron chi connectivity index (χ3n) is 6.26. The molecule has 0 heterocycles. The number of amides is 1. The van der Waals surface area contributed by atoms with Crippen LogP contribution in [-0.4, -0.2) is 27.2 Å². The minimum Gasteiger partial charge on any atom is -0.493 e. The van der Waals surface area contributed by atoms with Gasteiger partial charge < -0.3 is 29.6 Å². The molecule has 8 heteroatoms. The highest BCUT2D eigenvalue weighted by Crippen LogP contribution is 2.33. The third kappa shape index (κ3) is 7.03. The zero-order chi connectivity index (χ0) is 28.3. The number of benzene rings is 4. The number of hydrogen-bond donors (Lipinski definition) is 2. The minimum absolute atomic E-state index is 0.251. The predicted octanol–water partition coefficient (Wildman–Crippen LogP) is 5.63. The van der Waals surface area contributed by atoms with E-state index >= 15 is 0 Å². The first-order valence-electron chi connectivity index (χ1n) is 12.6. The molecule has 0 spiro atoms. The lowest BCUT2D eigenvalue weighted by Crippen LogP contribution is -2.33. The zero-order valence-electron chi connectivity index (χ0n) is 22.6. The Kier molecular flexibility index (Phi) is 9.46. The van der Waals surface area contributed by atoms with E-state index in [1.807, 2.05) is 48.5 Å². The number of hydrogen-bond acceptors (Lipinski definition) is 7. The monoisotopic (exact) mass is 537 g/mol. The summed E-state index contributed by atoms with van der Waals surface area (Å²) in [6.07, 6.45) is 0. The van der Waals surface area contributed by atoms with E-state index in [4.69, 9.17) is 24.2 Å². The van der Waals surface area contributed by atoms with Crippen molar-refractivity contribution in [1.29, 1.82) is 5.26 Å². The molecule has 0 aliphatic heterocycles.